The number of nitrogens with zero attached hydrogens (tertiary/aromatic N) is 2. The minimum Gasteiger partial charge on any atom is -0.473 e. The van der Waals surface area contributed by atoms with Crippen LogP contribution in [-0.2, 0) is 0 Å². The van der Waals surface area contributed by atoms with Gasteiger partial charge in [-0.15, -0.1) is 5.10 Å². The predicted molar refractivity (Wildman–Crippen MR) is 49.6 cm³/mol. The molecule has 0 saturated heterocycles. The third-order valence-corrected chi connectivity index (χ3v) is 2.37. The molecule has 3 heteroatoms. The fourth-order valence-electron chi connectivity index (χ4n) is 1.30. The maximum Gasteiger partial charge on any atom is 0.233 e. The van der Waals surface area contributed by atoms with Crippen LogP contribution in [0.25, 0.3) is 0 Å². The standard InChI is InChI=1S/C10H14N2O/c1-7-3-6-10(12-11-7)13-8(2)9-4-5-9/h3,6,8-9H,4-5H2,1-2H3. The zero-order valence-electron chi connectivity index (χ0n) is 8.03. The summed E-state index contributed by atoms with van der Waals surface area (Å²) in [6.07, 6.45) is 2.87. The van der Waals surface area contributed by atoms with Gasteiger partial charge in [0.2, 0.25) is 5.88 Å². The molecule has 2 rings (SSSR count). The maximum atomic E-state index is 5.62. The smallest absolute Gasteiger partial charge is 0.233 e. The van der Waals surface area contributed by atoms with Crippen molar-refractivity contribution in [3.8, 4) is 5.88 Å². The van der Waals surface area contributed by atoms with Crippen LogP contribution in [0, 0.1) is 12.8 Å². The Balaban J connectivity index is 1.96. The van der Waals surface area contributed by atoms with Gasteiger partial charge in [-0.1, -0.05) is 0 Å². The molecule has 3 nitrogen and oxygen atoms in total. The molecule has 1 atom stereocenters. The first kappa shape index (κ1) is 8.48. The van der Waals surface area contributed by atoms with E-state index in [1.165, 1.54) is 12.8 Å². The molecule has 70 valence electrons. The van der Waals surface area contributed by atoms with Crippen molar-refractivity contribution in [3.63, 3.8) is 0 Å². The molecule has 0 radical (unpaired) electrons. The summed E-state index contributed by atoms with van der Waals surface area (Å²) in [5, 5.41) is 7.89. The Bertz CT molecular complexity index is 279. The fraction of sp³-hybridized carbons (Fsp3) is 0.600. The van der Waals surface area contributed by atoms with E-state index in [-0.39, 0.29) is 6.10 Å². The molecule has 1 saturated carbocycles. The van der Waals surface area contributed by atoms with Crippen LogP contribution in [0.15, 0.2) is 12.1 Å². The van der Waals surface area contributed by atoms with Gasteiger partial charge in [-0.05, 0) is 38.7 Å². The summed E-state index contributed by atoms with van der Waals surface area (Å²) in [6.45, 7) is 4.01. The average Bonchev–Trinajstić information content (AvgIpc) is 2.91. The number of hydrogen-bond acceptors (Lipinski definition) is 3. The molecule has 1 aromatic rings. The lowest BCUT2D eigenvalue weighted by molar-refractivity contribution is 0.187. The van der Waals surface area contributed by atoms with E-state index in [9.17, 15) is 0 Å². The molecule has 1 aromatic heterocycles. The average molecular weight is 178 g/mol. The lowest BCUT2D eigenvalue weighted by Gasteiger charge is -2.11. The third kappa shape index (κ3) is 2.17. The van der Waals surface area contributed by atoms with Crippen LogP contribution in [0.3, 0.4) is 0 Å². The Morgan fingerprint density at radius 1 is 1.38 bits per heavy atom. The Kier molecular flexibility index (Phi) is 2.17. The first-order valence-corrected chi connectivity index (χ1v) is 4.72. The van der Waals surface area contributed by atoms with E-state index in [1.807, 2.05) is 19.1 Å². The Labute approximate surface area is 78.1 Å². The van der Waals surface area contributed by atoms with Crippen LogP contribution < -0.4 is 4.74 Å². The highest BCUT2D eigenvalue weighted by Crippen LogP contribution is 2.34. The second-order valence-electron chi connectivity index (χ2n) is 3.67. The van der Waals surface area contributed by atoms with Gasteiger partial charge in [-0.25, -0.2) is 0 Å². The molecular formula is C10H14N2O. The first-order chi connectivity index (χ1) is 6.25. The van der Waals surface area contributed by atoms with Crippen molar-refractivity contribution < 1.29 is 4.74 Å². The van der Waals surface area contributed by atoms with Crippen LogP contribution in [0.5, 0.6) is 5.88 Å². The molecule has 1 heterocycles. The molecule has 1 fully saturated rings. The molecule has 13 heavy (non-hydrogen) atoms. The van der Waals surface area contributed by atoms with E-state index >= 15 is 0 Å². The number of ether oxygens (including phenoxy) is 1. The fourth-order valence-corrected chi connectivity index (χ4v) is 1.30. The van der Waals surface area contributed by atoms with Crippen LogP contribution in [0.2, 0.25) is 0 Å². The van der Waals surface area contributed by atoms with Crippen molar-refractivity contribution in [1.29, 1.82) is 0 Å². The normalized spacial score (nSPS) is 18.3. The minimum absolute atomic E-state index is 0.289. The minimum atomic E-state index is 0.289. The Hall–Kier alpha value is -1.12. The van der Waals surface area contributed by atoms with Crippen molar-refractivity contribution in [3.05, 3.63) is 17.8 Å². The molecule has 1 aliphatic rings. The van der Waals surface area contributed by atoms with Crippen molar-refractivity contribution in [2.24, 2.45) is 5.92 Å². The van der Waals surface area contributed by atoms with Crippen molar-refractivity contribution in [2.45, 2.75) is 32.8 Å². The van der Waals surface area contributed by atoms with E-state index < -0.39 is 0 Å². The second kappa shape index (κ2) is 3.32. The lowest BCUT2D eigenvalue weighted by atomic mass is 10.3. The van der Waals surface area contributed by atoms with Crippen LogP contribution in [0.4, 0.5) is 0 Å². The van der Waals surface area contributed by atoms with E-state index in [2.05, 4.69) is 17.1 Å². The molecule has 0 amide bonds. The highest BCUT2D eigenvalue weighted by atomic mass is 16.5. The zero-order valence-corrected chi connectivity index (χ0v) is 8.03. The molecule has 1 aliphatic carbocycles. The van der Waals surface area contributed by atoms with Gasteiger partial charge in [0.05, 0.1) is 5.69 Å². The topological polar surface area (TPSA) is 35.0 Å². The molecule has 0 N–H and O–H groups in total. The van der Waals surface area contributed by atoms with Crippen molar-refractivity contribution >= 4 is 0 Å². The summed E-state index contributed by atoms with van der Waals surface area (Å²) in [5.74, 6) is 1.38. The van der Waals surface area contributed by atoms with Gasteiger partial charge < -0.3 is 4.74 Å². The SMILES string of the molecule is Cc1ccc(OC(C)C2CC2)nn1. The van der Waals surface area contributed by atoms with Crippen molar-refractivity contribution in [2.75, 3.05) is 0 Å². The lowest BCUT2D eigenvalue weighted by Crippen LogP contribution is -2.14. The molecular weight excluding hydrogens is 164 g/mol. The molecule has 0 aliphatic heterocycles. The highest BCUT2D eigenvalue weighted by Gasteiger charge is 2.29. The van der Waals surface area contributed by atoms with Gasteiger partial charge in [-0.3, -0.25) is 0 Å². The van der Waals surface area contributed by atoms with Gasteiger partial charge in [-0.2, -0.15) is 5.10 Å². The largest absolute Gasteiger partial charge is 0.473 e. The third-order valence-electron chi connectivity index (χ3n) is 2.37. The van der Waals surface area contributed by atoms with Gasteiger partial charge in [0.15, 0.2) is 0 Å². The van der Waals surface area contributed by atoms with E-state index in [4.69, 9.17) is 4.74 Å². The van der Waals surface area contributed by atoms with E-state index in [1.54, 1.807) is 0 Å². The van der Waals surface area contributed by atoms with Crippen LogP contribution >= 0.6 is 0 Å². The predicted octanol–water partition coefficient (Wildman–Crippen LogP) is 1.96. The monoisotopic (exact) mass is 178 g/mol. The number of aromatic nitrogens is 2. The van der Waals surface area contributed by atoms with Crippen molar-refractivity contribution in [1.82, 2.24) is 10.2 Å². The van der Waals surface area contributed by atoms with Crippen LogP contribution in [-0.4, -0.2) is 16.3 Å². The van der Waals surface area contributed by atoms with Gasteiger partial charge >= 0.3 is 0 Å². The Morgan fingerprint density at radius 2 is 2.15 bits per heavy atom. The molecule has 0 spiro atoms. The van der Waals surface area contributed by atoms with E-state index in [0.29, 0.717) is 5.88 Å². The Morgan fingerprint density at radius 3 is 2.69 bits per heavy atom. The summed E-state index contributed by atoms with van der Waals surface area (Å²) in [7, 11) is 0. The van der Waals surface area contributed by atoms with Gasteiger partial charge in [0.25, 0.3) is 0 Å². The number of aryl methyl sites for hydroxylation is 1. The maximum absolute atomic E-state index is 5.62. The van der Waals surface area contributed by atoms with Crippen LogP contribution in [0.1, 0.15) is 25.5 Å². The molecule has 0 aromatic carbocycles. The highest BCUT2D eigenvalue weighted by molar-refractivity contribution is 5.10. The molecule has 1 unspecified atom stereocenters. The first-order valence-electron chi connectivity index (χ1n) is 4.72. The summed E-state index contributed by atoms with van der Waals surface area (Å²) in [4.78, 5) is 0. The molecule has 0 bridgehead atoms. The van der Waals surface area contributed by atoms with E-state index in [0.717, 1.165) is 11.6 Å². The van der Waals surface area contributed by atoms with Gasteiger partial charge in [0.1, 0.15) is 6.10 Å². The summed E-state index contributed by atoms with van der Waals surface area (Å²) >= 11 is 0. The zero-order chi connectivity index (χ0) is 9.26. The number of rotatable bonds is 3. The second-order valence-corrected chi connectivity index (χ2v) is 3.67. The summed E-state index contributed by atoms with van der Waals surface area (Å²) in [5.41, 5.74) is 0.923. The van der Waals surface area contributed by atoms with Gasteiger partial charge in [0, 0.05) is 6.07 Å². The summed E-state index contributed by atoms with van der Waals surface area (Å²) in [6, 6.07) is 3.79. The quantitative estimate of drug-likeness (QED) is 0.709. The summed E-state index contributed by atoms with van der Waals surface area (Å²) < 4.78 is 5.62. The number of hydrogen-bond donors (Lipinski definition) is 0.